The summed E-state index contributed by atoms with van der Waals surface area (Å²) in [5.74, 6) is 0.561. The Balaban J connectivity index is 1.77. The first-order chi connectivity index (χ1) is 14.6. The van der Waals surface area contributed by atoms with Crippen LogP contribution in [0.5, 0.6) is 0 Å². The van der Waals surface area contributed by atoms with Gasteiger partial charge in [-0.25, -0.2) is 4.98 Å². The zero-order valence-electron chi connectivity index (χ0n) is 17.1. The van der Waals surface area contributed by atoms with E-state index < -0.39 is 0 Å². The van der Waals surface area contributed by atoms with Crippen LogP contribution < -0.4 is 5.56 Å². The number of aromatic amines is 1. The van der Waals surface area contributed by atoms with Crippen LogP contribution in [0.2, 0.25) is 0 Å². The molecular formula is C23H24N4O3. The second-order valence-corrected chi connectivity index (χ2v) is 7.19. The molecule has 0 saturated heterocycles. The quantitative estimate of drug-likeness (QED) is 0.479. The number of amides is 1. The normalized spacial score (nSPS) is 11.3. The highest BCUT2D eigenvalue weighted by Crippen LogP contribution is 2.23. The van der Waals surface area contributed by atoms with E-state index in [0.29, 0.717) is 42.2 Å². The molecule has 154 valence electrons. The van der Waals surface area contributed by atoms with Crippen molar-refractivity contribution in [3.63, 3.8) is 0 Å². The predicted molar refractivity (Wildman–Crippen MR) is 117 cm³/mol. The maximum atomic E-state index is 12.9. The molecule has 0 aliphatic rings. The second kappa shape index (κ2) is 8.51. The van der Waals surface area contributed by atoms with Crippen molar-refractivity contribution in [3.05, 3.63) is 70.6 Å². The molecule has 0 aliphatic heterocycles. The lowest BCUT2D eigenvalue weighted by molar-refractivity contribution is 0.0696. The minimum absolute atomic E-state index is 0.0993. The third-order valence-electron chi connectivity index (χ3n) is 5.03. The fourth-order valence-electron chi connectivity index (χ4n) is 3.46. The van der Waals surface area contributed by atoms with Crippen LogP contribution in [0, 0.1) is 0 Å². The minimum atomic E-state index is -0.221. The molecule has 30 heavy (non-hydrogen) atoms. The average molecular weight is 404 g/mol. The van der Waals surface area contributed by atoms with Crippen LogP contribution in [-0.2, 0) is 4.74 Å². The Morgan fingerprint density at radius 1 is 1.13 bits per heavy atom. The third-order valence-corrected chi connectivity index (χ3v) is 5.03. The molecule has 0 unspecified atom stereocenters. The number of aromatic nitrogens is 3. The summed E-state index contributed by atoms with van der Waals surface area (Å²) in [7, 11) is 1.76. The van der Waals surface area contributed by atoms with E-state index in [1.807, 2.05) is 34.7 Å². The number of carbonyl (C=O) groups is 1. The lowest BCUT2D eigenvalue weighted by atomic mass is 10.1. The van der Waals surface area contributed by atoms with E-state index in [4.69, 9.17) is 4.74 Å². The number of benzene rings is 2. The summed E-state index contributed by atoms with van der Waals surface area (Å²) in [6.07, 6.45) is 2.51. The predicted octanol–water partition coefficient (Wildman–Crippen LogP) is 3.34. The van der Waals surface area contributed by atoms with Crippen LogP contribution in [-0.4, -0.2) is 52.0 Å². The van der Waals surface area contributed by atoms with Gasteiger partial charge in [0.25, 0.3) is 11.5 Å². The lowest BCUT2D eigenvalue weighted by Crippen LogP contribution is -2.30. The molecular weight excluding hydrogens is 380 g/mol. The molecule has 0 fully saturated rings. The molecule has 4 aromatic rings. The Morgan fingerprint density at radius 2 is 1.93 bits per heavy atom. The van der Waals surface area contributed by atoms with Gasteiger partial charge in [-0.05, 0) is 24.6 Å². The number of ether oxygens (including phenoxy) is 1. The molecule has 7 heteroatoms. The van der Waals surface area contributed by atoms with Gasteiger partial charge in [0.1, 0.15) is 11.3 Å². The van der Waals surface area contributed by atoms with Crippen LogP contribution in [0.25, 0.3) is 27.9 Å². The van der Waals surface area contributed by atoms with Gasteiger partial charge in [0, 0.05) is 31.3 Å². The average Bonchev–Trinajstić information content (AvgIpc) is 3.23. The summed E-state index contributed by atoms with van der Waals surface area (Å²) in [5, 5.41) is 0. The lowest BCUT2D eigenvalue weighted by Gasteiger charge is -2.17. The van der Waals surface area contributed by atoms with Gasteiger partial charge in [-0.2, -0.15) is 0 Å². The second-order valence-electron chi connectivity index (χ2n) is 7.19. The summed E-state index contributed by atoms with van der Waals surface area (Å²) < 4.78 is 7.30. The van der Waals surface area contributed by atoms with Crippen molar-refractivity contribution in [2.75, 3.05) is 26.8 Å². The number of nitrogens with zero attached hydrogens (tertiary/aromatic N) is 3. The Hall–Kier alpha value is -3.45. The topological polar surface area (TPSA) is 79.7 Å². The van der Waals surface area contributed by atoms with Gasteiger partial charge in [-0.1, -0.05) is 37.3 Å². The van der Waals surface area contributed by atoms with Crippen LogP contribution in [0.1, 0.15) is 23.7 Å². The highest BCUT2D eigenvalue weighted by Gasteiger charge is 2.16. The summed E-state index contributed by atoms with van der Waals surface area (Å²) in [5.41, 5.74) is 3.03. The van der Waals surface area contributed by atoms with Crippen molar-refractivity contribution < 1.29 is 9.53 Å². The van der Waals surface area contributed by atoms with Gasteiger partial charge >= 0.3 is 0 Å². The first-order valence-corrected chi connectivity index (χ1v) is 10.0. The first kappa shape index (κ1) is 19.8. The maximum Gasteiger partial charge on any atom is 0.274 e. The standard InChI is InChI=1S/C23H24N4O3/c1-3-12-30-13-11-26(2)23(29)17-9-10-18-19(14-17)27-20(22(28)25-18)15-24-21(27)16-7-5-4-6-8-16/h4-10,14-15H,3,11-13H2,1-2H3,(H,25,28). The van der Waals surface area contributed by atoms with Crippen LogP contribution >= 0.6 is 0 Å². The third kappa shape index (κ3) is 3.71. The molecule has 0 radical (unpaired) electrons. The first-order valence-electron chi connectivity index (χ1n) is 10.0. The Labute approximate surface area is 173 Å². The highest BCUT2D eigenvalue weighted by molar-refractivity contribution is 5.97. The monoisotopic (exact) mass is 404 g/mol. The molecule has 0 saturated carbocycles. The molecule has 4 rings (SSSR count). The minimum Gasteiger partial charge on any atom is -0.380 e. The van der Waals surface area contributed by atoms with E-state index in [1.165, 1.54) is 0 Å². The van der Waals surface area contributed by atoms with E-state index in [2.05, 4.69) is 16.9 Å². The molecule has 2 heterocycles. The van der Waals surface area contributed by atoms with Gasteiger partial charge in [-0.15, -0.1) is 0 Å². The van der Waals surface area contributed by atoms with Gasteiger partial charge in [0.05, 0.1) is 23.8 Å². The largest absolute Gasteiger partial charge is 0.380 e. The SMILES string of the molecule is CCCOCCN(C)C(=O)c1ccc2[nH]c(=O)c3cnc(-c4ccccc4)n3c2c1. The zero-order chi connectivity index (χ0) is 21.1. The molecule has 0 atom stereocenters. The summed E-state index contributed by atoms with van der Waals surface area (Å²) >= 11 is 0. The Kier molecular flexibility index (Phi) is 5.63. The van der Waals surface area contributed by atoms with Gasteiger partial charge < -0.3 is 14.6 Å². The Bertz CT molecular complexity index is 1240. The van der Waals surface area contributed by atoms with E-state index in [1.54, 1.807) is 36.3 Å². The van der Waals surface area contributed by atoms with E-state index >= 15 is 0 Å². The number of H-pyrrole nitrogens is 1. The molecule has 1 N–H and O–H groups in total. The van der Waals surface area contributed by atoms with Crippen LogP contribution in [0.4, 0.5) is 0 Å². The molecule has 2 aromatic carbocycles. The number of fused-ring (bicyclic) bond motifs is 3. The molecule has 1 amide bonds. The van der Waals surface area contributed by atoms with Gasteiger partial charge in [0.15, 0.2) is 0 Å². The van der Waals surface area contributed by atoms with Crippen molar-refractivity contribution >= 4 is 22.5 Å². The Morgan fingerprint density at radius 3 is 2.70 bits per heavy atom. The number of hydrogen-bond donors (Lipinski definition) is 1. The van der Waals surface area contributed by atoms with Crippen molar-refractivity contribution in [2.24, 2.45) is 0 Å². The fourth-order valence-corrected chi connectivity index (χ4v) is 3.46. The van der Waals surface area contributed by atoms with Crippen molar-refractivity contribution in [1.29, 1.82) is 0 Å². The van der Waals surface area contributed by atoms with Crippen molar-refractivity contribution in [2.45, 2.75) is 13.3 Å². The summed E-state index contributed by atoms with van der Waals surface area (Å²) in [6, 6.07) is 15.0. The fraction of sp³-hybridized carbons (Fsp3) is 0.261. The summed E-state index contributed by atoms with van der Waals surface area (Å²) in [6.45, 7) is 3.75. The van der Waals surface area contributed by atoms with E-state index in [0.717, 1.165) is 17.5 Å². The van der Waals surface area contributed by atoms with Gasteiger partial charge in [0.2, 0.25) is 0 Å². The van der Waals surface area contributed by atoms with Crippen LogP contribution in [0.3, 0.4) is 0 Å². The molecule has 0 bridgehead atoms. The number of likely N-dealkylation sites (N-methyl/N-ethyl adjacent to an activating group) is 1. The van der Waals surface area contributed by atoms with E-state index in [9.17, 15) is 9.59 Å². The number of nitrogens with one attached hydrogen (secondary N) is 1. The maximum absolute atomic E-state index is 12.9. The summed E-state index contributed by atoms with van der Waals surface area (Å²) in [4.78, 5) is 34.5. The van der Waals surface area contributed by atoms with Crippen molar-refractivity contribution in [1.82, 2.24) is 19.3 Å². The number of carbonyl (C=O) groups excluding carboxylic acids is 1. The molecule has 2 aromatic heterocycles. The number of rotatable bonds is 7. The highest BCUT2D eigenvalue weighted by atomic mass is 16.5. The molecule has 7 nitrogen and oxygen atoms in total. The molecule has 0 spiro atoms. The smallest absolute Gasteiger partial charge is 0.274 e. The van der Waals surface area contributed by atoms with Gasteiger partial charge in [-0.3, -0.25) is 14.0 Å². The molecule has 0 aliphatic carbocycles. The number of imidazole rings is 1. The number of hydrogen-bond acceptors (Lipinski definition) is 4. The van der Waals surface area contributed by atoms with Crippen molar-refractivity contribution in [3.8, 4) is 11.4 Å². The zero-order valence-corrected chi connectivity index (χ0v) is 17.1. The van der Waals surface area contributed by atoms with Crippen LogP contribution in [0.15, 0.2) is 59.5 Å². The van der Waals surface area contributed by atoms with E-state index in [-0.39, 0.29) is 11.5 Å².